The van der Waals surface area contributed by atoms with E-state index in [0.717, 1.165) is 15.9 Å². The molecule has 0 aliphatic heterocycles. The van der Waals surface area contributed by atoms with Gasteiger partial charge in [-0.1, -0.05) is 0 Å². The average molecular weight is 451 g/mol. The van der Waals surface area contributed by atoms with E-state index in [1.165, 1.54) is 6.07 Å². The van der Waals surface area contributed by atoms with Crippen LogP contribution in [0.1, 0.15) is 0 Å². The van der Waals surface area contributed by atoms with Gasteiger partial charge in [0, 0.05) is 0 Å². The molecule has 2 N–H and O–H groups in total. The SMILES string of the molecule is Oc1ccc(O)c(P(Br)(c2ccccc2)(c2ccccc2)c2ccccc2)c1. The number of phenols is 2. The fourth-order valence-electron chi connectivity index (χ4n) is 3.84. The van der Waals surface area contributed by atoms with Crippen LogP contribution in [0.15, 0.2) is 109 Å². The second kappa shape index (κ2) is 7.09. The second-order valence-corrected chi connectivity index (χ2v) is 15.0. The number of aromatic hydroxyl groups is 2. The van der Waals surface area contributed by atoms with E-state index in [1.54, 1.807) is 12.1 Å². The first-order chi connectivity index (χ1) is 13.6. The van der Waals surface area contributed by atoms with Crippen molar-refractivity contribution in [1.29, 1.82) is 0 Å². The van der Waals surface area contributed by atoms with Crippen LogP contribution in [0.4, 0.5) is 0 Å². The Hall–Kier alpha value is -2.61. The Balaban J connectivity index is 2.28. The van der Waals surface area contributed by atoms with Gasteiger partial charge in [0.05, 0.1) is 0 Å². The van der Waals surface area contributed by atoms with Crippen LogP contribution in [0, 0.1) is 0 Å². The summed E-state index contributed by atoms with van der Waals surface area (Å²) in [6, 6.07) is 35.2. The molecule has 140 valence electrons. The summed E-state index contributed by atoms with van der Waals surface area (Å²) in [5.74, 6) is 0.257. The average Bonchev–Trinajstić information content (AvgIpc) is 2.77. The Morgan fingerprint density at radius 3 is 1.32 bits per heavy atom. The van der Waals surface area contributed by atoms with E-state index >= 15 is 0 Å². The van der Waals surface area contributed by atoms with Crippen molar-refractivity contribution in [1.82, 2.24) is 0 Å². The van der Waals surface area contributed by atoms with Crippen LogP contribution in [-0.2, 0) is 0 Å². The molecule has 0 fully saturated rings. The van der Waals surface area contributed by atoms with Gasteiger partial charge in [-0.15, -0.1) is 0 Å². The minimum absolute atomic E-state index is 0.115. The van der Waals surface area contributed by atoms with Gasteiger partial charge < -0.3 is 0 Å². The van der Waals surface area contributed by atoms with E-state index in [-0.39, 0.29) is 11.5 Å². The van der Waals surface area contributed by atoms with Crippen molar-refractivity contribution in [3.05, 3.63) is 109 Å². The van der Waals surface area contributed by atoms with Crippen molar-refractivity contribution in [2.75, 3.05) is 0 Å². The van der Waals surface area contributed by atoms with E-state index in [0.29, 0.717) is 5.30 Å². The van der Waals surface area contributed by atoms with Gasteiger partial charge >= 0.3 is 173 Å². The Morgan fingerprint density at radius 2 is 0.929 bits per heavy atom. The van der Waals surface area contributed by atoms with Crippen LogP contribution in [0.25, 0.3) is 0 Å². The molecule has 0 saturated carbocycles. The molecular weight excluding hydrogens is 431 g/mol. The molecule has 4 aromatic rings. The summed E-state index contributed by atoms with van der Waals surface area (Å²) >= 11 is 4.27. The first-order valence-electron chi connectivity index (χ1n) is 8.98. The number of hydrogen-bond acceptors (Lipinski definition) is 2. The molecule has 0 atom stereocenters. The first kappa shape index (κ1) is 18.7. The van der Waals surface area contributed by atoms with Gasteiger partial charge in [-0.25, -0.2) is 0 Å². The Morgan fingerprint density at radius 1 is 0.536 bits per heavy atom. The predicted molar refractivity (Wildman–Crippen MR) is 123 cm³/mol. The molecule has 0 bridgehead atoms. The van der Waals surface area contributed by atoms with Crippen LogP contribution in [0.3, 0.4) is 0 Å². The molecule has 0 spiro atoms. The third-order valence-corrected chi connectivity index (χ3v) is 15.0. The fourth-order valence-corrected chi connectivity index (χ4v) is 11.6. The van der Waals surface area contributed by atoms with E-state index in [2.05, 4.69) is 51.9 Å². The molecule has 0 aliphatic rings. The van der Waals surface area contributed by atoms with Gasteiger partial charge in [-0.2, -0.15) is 0 Å². The second-order valence-electron chi connectivity index (χ2n) is 6.69. The number of phenolic OH excluding ortho intramolecular Hbond substituents is 2. The van der Waals surface area contributed by atoms with Crippen LogP contribution < -0.4 is 21.2 Å². The predicted octanol–water partition coefficient (Wildman–Crippen LogP) is 4.56. The van der Waals surface area contributed by atoms with Gasteiger partial charge in [-0.3, -0.25) is 0 Å². The summed E-state index contributed by atoms with van der Waals surface area (Å²) < 4.78 is 0. The molecular formula is C24H20BrO2P. The Kier molecular flexibility index (Phi) is 4.74. The number of benzene rings is 4. The molecule has 28 heavy (non-hydrogen) atoms. The maximum absolute atomic E-state index is 11.0. The third kappa shape index (κ3) is 2.66. The first-order valence-corrected chi connectivity index (χ1v) is 13.2. The van der Waals surface area contributed by atoms with Crippen molar-refractivity contribution in [2.45, 2.75) is 0 Å². The summed E-state index contributed by atoms with van der Waals surface area (Å²) in [6.45, 7) is 0. The summed E-state index contributed by atoms with van der Waals surface area (Å²) in [7, 11) is 0. The van der Waals surface area contributed by atoms with Gasteiger partial charge in [0.2, 0.25) is 0 Å². The molecule has 0 unspecified atom stereocenters. The third-order valence-electron chi connectivity index (χ3n) is 5.13. The van der Waals surface area contributed by atoms with Gasteiger partial charge in [-0.05, 0) is 0 Å². The molecule has 4 aromatic carbocycles. The molecule has 0 amide bonds. The van der Waals surface area contributed by atoms with Crippen molar-refractivity contribution >= 4 is 42.0 Å². The summed E-state index contributed by atoms with van der Waals surface area (Å²) in [6.07, 6.45) is 0. The monoisotopic (exact) mass is 450 g/mol. The zero-order valence-corrected chi connectivity index (χ0v) is 17.6. The molecule has 0 aromatic heterocycles. The molecule has 4 heteroatoms. The summed E-state index contributed by atoms with van der Waals surface area (Å²) in [4.78, 5) is 0. The summed E-state index contributed by atoms with van der Waals surface area (Å²) in [5, 5.41) is 21.7. The van der Waals surface area contributed by atoms with Gasteiger partial charge in [0.15, 0.2) is 0 Å². The van der Waals surface area contributed by atoms with Crippen molar-refractivity contribution in [3.8, 4) is 11.5 Å². The van der Waals surface area contributed by atoms with E-state index in [1.807, 2.05) is 54.6 Å². The quantitative estimate of drug-likeness (QED) is 0.353. The summed E-state index contributed by atoms with van der Waals surface area (Å²) in [5.41, 5.74) is 0. The van der Waals surface area contributed by atoms with E-state index in [9.17, 15) is 10.2 Å². The Bertz CT molecular complexity index is 1000. The van der Waals surface area contributed by atoms with Crippen molar-refractivity contribution in [2.24, 2.45) is 0 Å². The van der Waals surface area contributed by atoms with Crippen molar-refractivity contribution in [3.63, 3.8) is 0 Å². The normalized spacial score (nSPS) is 12.8. The van der Waals surface area contributed by atoms with E-state index < -0.39 is 5.31 Å². The molecule has 0 radical (unpaired) electrons. The van der Waals surface area contributed by atoms with E-state index in [4.69, 9.17) is 0 Å². The molecule has 0 heterocycles. The molecule has 4 rings (SSSR count). The fraction of sp³-hybridized carbons (Fsp3) is 0. The van der Waals surface area contributed by atoms with Crippen LogP contribution in [0.5, 0.6) is 11.5 Å². The maximum atomic E-state index is 11.0. The zero-order valence-electron chi connectivity index (χ0n) is 15.1. The topological polar surface area (TPSA) is 40.5 Å². The number of halogens is 1. The molecule has 2 nitrogen and oxygen atoms in total. The van der Waals surface area contributed by atoms with Gasteiger partial charge in [0.1, 0.15) is 0 Å². The van der Waals surface area contributed by atoms with Crippen LogP contribution >= 0.6 is 20.8 Å². The van der Waals surface area contributed by atoms with Crippen LogP contribution in [-0.4, -0.2) is 10.2 Å². The van der Waals surface area contributed by atoms with Gasteiger partial charge in [0.25, 0.3) is 0 Å². The standard InChI is InChI=1S/C24H20BrO2P/c25-28(20-10-4-1-5-11-20,21-12-6-2-7-13-21,22-14-8-3-9-15-22)24-18-19(26)16-17-23(24)27/h1-18,26-27H. The minimum atomic E-state index is -3.49. The van der Waals surface area contributed by atoms with Crippen LogP contribution in [0.2, 0.25) is 0 Å². The molecule has 0 saturated heterocycles. The Labute approximate surface area is 172 Å². The number of rotatable bonds is 4. The number of hydrogen-bond donors (Lipinski definition) is 2. The zero-order chi connectivity index (χ0) is 19.6. The van der Waals surface area contributed by atoms with Crippen molar-refractivity contribution < 1.29 is 10.2 Å². The molecule has 0 aliphatic carbocycles.